The SMILES string of the molecule is O=C(NCCc1ncc(C(F)(F)F)cc1Cl)c1cc2n(n1)CCCN(C(=O)c1cn[nH]c(=O)c1)C2. The fourth-order valence-electron chi connectivity index (χ4n) is 3.61. The molecule has 0 saturated heterocycles. The smallest absolute Gasteiger partial charge is 0.350 e. The molecule has 35 heavy (non-hydrogen) atoms. The Labute approximate surface area is 201 Å². The Morgan fingerprint density at radius 3 is 2.69 bits per heavy atom. The topological polar surface area (TPSA) is 126 Å². The van der Waals surface area contributed by atoms with Crippen molar-refractivity contribution in [3.63, 3.8) is 0 Å². The molecule has 0 atom stereocenters. The summed E-state index contributed by atoms with van der Waals surface area (Å²) in [5, 5.41) is 12.7. The summed E-state index contributed by atoms with van der Waals surface area (Å²) in [5.41, 5.74) is -0.260. The van der Waals surface area contributed by atoms with Crippen LogP contribution in [0.3, 0.4) is 0 Å². The van der Waals surface area contributed by atoms with E-state index in [-0.39, 0.29) is 47.4 Å². The van der Waals surface area contributed by atoms with Gasteiger partial charge in [0.2, 0.25) is 0 Å². The van der Waals surface area contributed by atoms with Gasteiger partial charge in [-0.05, 0) is 18.6 Å². The van der Waals surface area contributed by atoms with Crippen LogP contribution in [0.25, 0.3) is 0 Å². The summed E-state index contributed by atoms with van der Waals surface area (Å²) in [5.74, 6) is -0.838. The van der Waals surface area contributed by atoms with E-state index in [2.05, 4.69) is 25.6 Å². The number of nitrogens with zero attached hydrogens (tertiary/aromatic N) is 5. The highest BCUT2D eigenvalue weighted by Gasteiger charge is 2.31. The highest BCUT2D eigenvalue weighted by Crippen LogP contribution is 2.31. The number of hydrogen-bond acceptors (Lipinski definition) is 6. The summed E-state index contributed by atoms with van der Waals surface area (Å²) >= 11 is 5.90. The predicted octanol–water partition coefficient (Wildman–Crippen LogP) is 2.05. The van der Waals surface area contributed by atoms with E-state index in [1.807, 2.05) is 0 Å². The van der Waals surface area contributed by atoms with Gasteiger partial charge in [-0.1, -0.05) is 11.6 Å². The number of aromatic nitrogens is 5. The van der Waals surface area contributed by atoms with Crippen molar-refractivity contribution in [2.75, 3.05) is 13.1 Å². The maximum Gasteiger partial charge on any atom is 0.417 e. The second kappa shape index (κ2) is 9.86. The molecule has 14 heteroatoms. The van der Waals surface area contributed by atoms with Crippen molar-refractivity contribution in [3.8, 4) is 0 Å². The molecule has 4 rings (SSSR count). The summed E-state index contributed by atoms with van der Waals surface area (Å²) in [6.07, 6.45) is -1.84. The van der Waals surface area contributed by atoms with Crippen LogP contribution in [0.1, 0.15) is 44.2 Å². The van der Waals surface area contributed by atoms with Gasteiger partial charge in [-0.25, -0.2) is 5.10 Å². The number of alkyl halides is 3. The molecule has 0 aliphatic carbocycles. The number of aromatic amines is 1. The zero-order valence-corrected chi connectivity index (χ0v) is 18.9. The molecule has 1 aliphatic heterocycles. The third kappa shape index (κ3) is 5.67. The number of aryl methyl sites for hydroxylation is 1. The number of carbonyl (C=O) groups is 2. The molecule has 3 aromatic heterocycles. The number of carbonyl (C=O) groups excluding carboxylic acids is 2. The maximum atomic E-state index is 12.8. The lowest BCUT2D eigenvalue weighted by atomic mass is 10.2. The minimum Gasteiger partial charge on any atom is -0.350 e. The molecular weight excluding hydrogens is 491 g/mol. The predicted molar refractivity (Wildman–Crippen MR) is 117 cm³/mol. The Bertz CT molecular complexity index is 1320. The van der Waals surface area contributed by atoms with E-state index in [0.29, 0.717) is 31.4 Å². The quantitative estimate of drug-likeness (QED) is 0.542. The van der Waals surface area contributed by atoms with Crippen molar-refractivity contribution >= 4 is 23.4 Å². The largest absolute Gasteiger partial charge is 0.417 e. The van der Waals surface area contributed by atoms with Crippen molar-refractivity contribution in [3.05, 3.63) is 74.2 Å². The van der Waals surface area contributed by atoms with E-state index >= 15 is 0 Å². The molecule has 0 bridgehead atoms. The first-order valence-electron chi connectivity index (χ1n) is 10.5. The summed E-state index contributed by atoms with van der Waals surface area (Å²) in [7, 11) is 0. The van der Waals surface area contributed by atoms with Gasteiger partial charge < -0.3 is 10.2 Å². The fraction of sp³-hybridized carbons (Fsp3) is 0.333. The molecule has 2 N–H and O–H groups in total. The Hall–Kier alpha value is -3.74. The standard InChI is InChI=1S/C21H19ClF3N7O3/c22-15-7-13(21(23,24)25)10-27-16(15)2-3-26-19(34)17-8-14-11-31(4-1-5-32(14)30-17)20(35)12-6-18(33)29-28-9-12/h6-10H,1-5,11H2,(H,26,34)(H,29,33). The molecule has 0 saturated carbocycles. The molecular formula is C21H19ClF3N7O3. The average molecular weight is 510 g/mol. The zero-order valence-electron chi connectivity index (χ0n) is 18.1. The van der Waals surface area contributed by atoms with Crippen molar-refractivity contribution in [1.82, 2.24) is 35.2 Å². The van der Waals surface area contributed by atoms with E-state index in [9.17, 15) is 27.6 Å². The Morgan fingerprint density at radius 1 is 1.17 bits per heavy atom. The average Bonchev–Trinajstić information content (AvgIpc) is 3.10. The highest BCUT2D eigenvalue weighted by atomic mass is 35.5. The highest BCUT2D eigenvalue weighted by molar-refractivity contribution is 6.31. The first-order valence-corrected chi connectivity index (χ1v) is 10.9. The molecule has 2 amide bonds. The first kappa shape index (κ1) is 24.4. The van der Waals surface area contributed by atoms with Crippen LogP contribution in [0.5, 0.6) is 0 Å². The minimum atomic E-state index is -4.54. The van der Waals surface area contributed by atoms with Crippen LogP contribution in [0.15, 0.2) is 35.4 Å². The van der Waals surface area contributed by atoms with Crippen LogP contribution >= 0.6 is 11.6 Å². The van der Waals surface area contributed by atoms with E-state index in [1.165, 1.54) is 12.3 Å². The molecule has 184 valence electrons. The van der Waals surface area contributed by atoms with E-state index in [0.717, 1.165) is 6.07 Å². The van der Waals surface area contributed by atoms with Gasteiger partial charge >= 0.3 is 6.18 Å². The number of amides is 2. The van der Waals surface area contributed by atoms with Gasteiger partial charge in [0, 0.05) is 38.3 Å². The Balaban J connectivity index is 1.38. The van der Waals surface area contributed by atoms with Crippen LogP contribution < -0.4 is 10.9 Å². The van der Waals surface area contributed by atoms with Gasteiger partial charge in [0.05, 0.1) is 40.3 Å². The Kier molecular flexibility index (Phi) is 6.87. The van der Waals surface area contributed by atoms with Gasteiger partial charge in [-0.2, -0.15) is 23.4 Å². The molecule has 0 spiro atoms. The second-order valence-electron chi connectivity index (χ2n) is 7.81. The fourth-order valence-corrected chi connectivity index (χ4v) is 3.87. The molecule has 0 aromatic carbocycles. The lowest BCUT2D eigenvalue weighted by molar-refractivity contribution is -0.137. The molecule has 0 radical (unpaired) electrons. The Morgan fingerprint density at radius 2 is 1.97 bits per heavy atom. The second-order valence-corrected chi connectivity index (χ2v) is 8.22. The molecule has 10 nitrogen and oxygen atoms in total. The zero-order chi connectivity index (χ0) is 25.2. The third-order valence-corrected chi connectivity index (χ3v) is 5.67. The molecule has 0 unspecified atom stereocenters. The van der Waals surface area contributed by atoms with Gasteiger partial charge in [-0.15, -0.1) is 0 Å². The van der Waals surface area contributed by atoms with E-state index in [1.54, 1.807) is 15.6 Å². The number of rotatable bonds is 5. The monoisotopic (exact) mass is 509 g/mol. The minimum absolute atomic E-state index is 0.0826. The number of H-pyrrole nitrogens is 1. The third-order valence-electron chi connectivity index (χ3n) is 5.34. The van der Waals surface area contributed by atoms with E-state index < -0.39 is 23.2 Å². The number of fused-ring (bicyclic) bond motifs is 1. The lowest BCUT2D eigenvalue weighted by Gasteiger charge is -2.19. The van der Waals surface area contributed by atoms with Crippen molar-refractivity contribution in [1.29, 1.82) is 0 Å². The molecule has 1 aliphatic rings. The van der Waals surface area contributed by atoms with Crippen LogP contribution in [0, 0.1) is 0 Å². The summed E-state index contributed by atoms with van der Waals surface area (Å²) < 4.78 is 39.9. The summed E-state index contributed by atoms with van der Waals surface area (Å²) in [4.78, 5) is 42.1. The summed E-state index contributed by atoms with van der Waals surface area (Å²) in [6.45, 7) is 1.21. The van der Waals surface area contributed by atoms with Crippen molar-refractivity contribution in [2.45, 2.75) is 32.1 Å². The van der Waals surface area contributed by atoms with Crippen molar-refractivity contribution < 1.29 is 22.8 Å². The lowest BCUT2D eigenvalue weighted by Crippen LogP contribution is -2.31. The van der Waals surface area contributed by atoms with Crippen LogP contribution in [-0.4, -0.2) is 54.8 Å². The molecule has 3 aromatic rings. The van der Waals surface area contributed by atoms with Gasteiger partial charge in [-0.3, -0.25) is 24.0 Å². The first-order chi connectivity index (χ1) is 16.6. The number of nitrogens with one attached hydrogen (secondary N) is 2. The van der Waals surface area contributed by atoms with Crippen molar-refractivity contribution in [2.24, 2.45) is 0 Å². The molecule has 4 heterocycles. The van der Waals surface area contributed by atoms with Crippen LogP contribution in [0.2, 0.25) is 5.02 Å². The number of hydrogen-bond donors (Lipinski definition) is 2. The summed E-state index contributed by atoms with van der Waals surface area (Å²) in [6, 6.07) is 3.54. The van der Waals surface area contributed by atoms with Crippen LogP contribution in [-0.2, 0) is 25.7 Å². The van der Waals surface area contributed by atoms with Crippen LogP contribution in [0.4, 0.5) is 13.2 Å². The van der Waals surface area contributed by atoms with E-state index in [4.69, 9.17) is 11.6 Å². The maximum absolute atomic E-state index is 12.8. The normalized spacial score (nSPS) is 13.8. The number of pyridine rings is 1. The van der Waals surface area contributed by atoms with Gasteiger partial charge in [0.25, 0.3) is 17.4 Å². The molecule has 0 fully saturated rings. The van der Waals surface area contributed by atoms with Gasteiger partial charge in [0.1, 0.15) is 0 Å². The van der Waals surface area contributed by atoms with Gasteiger partial charge in [0.15, 0.2) is 5.69 Å². The number of halogens is 4.